The van der Waals surface area contributed by atoms with Gasteiger partial charge in [0.15, 0.2) is 5.17 Å². The van der Waals surface area contributed by atoms with Gasteiger partial charge in [-0.05, 0) is 59.8 Å². The fourth-order valence-corrected chi connectivity index (χ4v) is 4.28. The summed E-state index contributed by atoms with van der Waals surface area (Å²) >= 11 is 1.25. The van der Waals surface area contributed by atoms with Gasteiger partial charge in [-0.3, -0.25) is 9.69 Å². The van der Waals surface area contributed by atoms with Crippen molar-refractivity contribution in [3.63, 3.8) is 0 Å². The Balaban J connectivity index is 1.75. The highest BCUT2D eigenvalue weighted by Gasteiger charge is 2.31. The second-order valence-electron chi connectivity index (χ2n) is 6.86. The first-order chi connectivity index (χ1) is 15.0. The van der Waals surface area contributed by atoms with E-state index in [-0.39, 0.29) is 11.5 Å². The number of nitrogens with zero attached hydrogens (tertiary/aromatic N) is 2. The number of carboxylic acid groups (broad SMARTS) is 1. The SMILES string of the molecule is CCOc1ccc2ccccc2c1C=C1SC(=Nc2cccc(C(=O)O)c2)N(C)C1=O. The number of carbonyl (C=O) groups is 2. The molecule has 0 radical (unpaired) electrons. The molecule has 0 unspecified atom stereocenters. The lowest BCUT2D eigenvalue weighted by atomic mass is 10.0. The van der Waals surface area contributed by atoms with Gasteiger partial charge >= 0.3 is 5.97 Å². The van der Waals surface area contributed by atoms with Crippen molar-refractivity contribution in [2.24, 2.45) is 4.99 Å². The lowest BCUT2D eigenvalue weighted by Crippen LogP contribution is -2.23. The maximum atomic E-state index is 12.9. The third kappa shape index (κ3) is 4.18. The molecule has 1 aliphatic heterocycles. The zero-order valence-corrected chi connectivity index (χ0v) is 17.8. The first kappa shape index (κ1) is 20.7. The molecule has 7 heteroatoms. The summed E-state index contributed by atoms with van der Waals surface area (Å²) in [5.74, 6) is -0.483. The average molecular weight is 433 g/mol. The molecule has 0 aliphatic carbocycles. The fourth-order valence-electron chi connectivity index (χ4n) is 3.31. The molecule has 4 rings (SSSR count). The number of aromatic carboxylic acids is 1. The van der Waals surface area contributed by atoms with Gasteiger partial charge in [0.05, 0.1) is 22.8 Å². The fraction of sp³-hybridized carbons (Fsp3) is 0.125. The summed E-state index contributed by atoms with van der Waals surface area (Å²) in [6.45, 7) is 2.44. The summed E-state index contributed by atoms with van der Waals surface area (Å²) in [6.07, 6.45) is 1.84. The highest BCUT2D eigenvalue weighted by Crippen LogP contribution is 2.37. The number of hydrogen-bond donors (Lipinski definition) is 1. The quantitative estimate of drug-likeness (QED) is 0.563. The number of fused-ring (bicyclic) bond motifs is 1. The average Bonchev–Trinajstić information content (AvgIpc) is 3.03. The van der Waals surface area contributed by atoms with Crippen LogP contribution in [0.15, 0.2) is 70.6 Å². The van der Waals surface area contributed by atoms with Crippen LogP contribution in [0.4, 0.5) is 5.69 Å². The Bertz CT molecular complexity index is 1250. The Morgan fingerprint density at radius 1 is 1.16 bits per heavy atom. The van der Waals surface area contributed by atoms with E-state index in [0.29, 0.717) is 28.1 Å². The van der Waals surface area contributed by atoms with Crippen molar-refractivity contribution in [3.05, 3.63) is 76.7 Å². The zero-order chi connectivity index (χ0) is 22.0. The van der Waals surface area contributed by atoms with Gasteiger partial charge in [-0.2, -0.15) is 0 Å². The van der Waals surface area contributed by atoms with Crippen molar-refractivity contribution in [2.75, 3.05) is 13.7 Å². The molecule has 0 bridgehead atoms. The van der Waals surface area contributed by atoms with Crippen molar-refractivity contribution in [1.29, 1.82) is 0 Å². The van der Waals surface area contributed by atoms with Crippen LogP contribution >= 0.6 is 11.8 Å². The van der Waals surface area contributed by atoms with E-state index >= 15 is 0 Å². The van der Waals surface area contributed by atoms with Crippen LogP contribution in [-0.2, 0) is 4.79 Å². The van der Waals surface area contributed by atoms with Gasteiger partial charge in [-0.15, -0.1) is 0 Å². The zero-order valence-electron chi connectivity index (χ0n) is 17.0. The molecule has 1 heterocycles. The number of benzene rings is 3. The first-order valence-corrected chi connectivity index (χ1v) is 10.5. The highest BCUT2D eigenvalue weighted by atomic mass is 32.2. The number of ether oxygens (including phenoxy) is 1. The summed E-state index contributed by atoms with van der Waals surface area (Å²) in [7, 11) is 1.66. The Kier molecular flexibility index (Phi) is 5.77. The molecule has 0 saturated carbocycles. The molecule has 0 atom stereocenters. The topological polar surface area (TPSA) is 79.2 Å². The molecule has 3 aromatic carbocycles. The van der Waals surface area contributed by atoms with Crippen LogP contribution in [0.2, 0.25) is 0 Å². The van der Waals surface area contributed by atoms with Gasteiger partial charge < -0.3 is 9.84 Å². The Hall–Kier alpha value is -3.58. The van der Waals surface area contributed by atoms with E-state index in [1.165, 1.54) is 28.8 Å². The number of amides is 1. The molecular formula is C24H20N2O4S. The molecule has 0 spiro atoms. The normalized spacial score (nSPS) is 16.5. The highest BCUT2D eigenvalue weighted by molar-refractivity contribution is 8.18. The van der Waals surface area contributed by atoms with Crippen molar-refractivity contribution in [2.45, 2.75) is 6.92 Å². The molecular weight excluding hydrogens is 412 g/mol. The Morgan fingerprint density at radius 3 is 2.74 bits per heavy atom. The van der Waals surface area contributed by atoms with E-state index in [0.717, 1.165) is 16.3 Å². The van der Waals surface area contributed by atoms with Gasteiger partial charge in [0.1, 0.15) is 5.75 Å². The van der Waals surface area contributed by atoms with E-state index in [2.05, 4.69) is 4.99 Å². The van der Waals surface area contributed by atoms with Crippen molar-refractivity contribution in [1.82, 2.24) is 4.90 Å². The maximum absolute atomic E-state index is 12.9. The Labute approximate surface area is 183 Å². The molecule has 3 aromatic rings. The summed E-state index contributed by atoms with van der Waals surface area (Å²) in [4.78, 5) is 30.6. The summed E-state index contributed by atoms with van der Waals surface area (Å²) in [5, 5.41) is 11.7. The molecule has 1 saturated heterocycles. The number of aliphatic imine (C=N–C) groups is 1. The minimum atomic E-state index is -1.02. The molecule has 156 valence electrons. The van der Waals surface area contributed by atoms with Crippen molar-refractivity contribution < 1.29 is 19.4 Å². The number of carboxylic acids is 1. The third-order valence-electron chi connectivity index (χ3n) is 4.83. The molecule has 6 nitrogen and oxygen atoms in total. The number of carbonyl (C=O) groups excluding carboxylic acids is 1. The maximum Gasteiger partial charge on any atom is 0.335 e. The monoisotopic (exact) mass is 432 g/mol. The van der Waals surface area contributed by atoms with Crippen LogP contribution in [-0.4, -0.2) is 40.7 Å². The Morgan fingerprint density at radius 2 is 1.97 bits per heavy atom. The third-order valence-corrected chi connectivity index (χ3v) is 5.89. The van der Waals surface area contributed by atoms with Crippen LogP contribution in [0.1, 0.15) is 22.8 Å². The second-order valence-corrected chi connectivity index (χ2v) is 7.87. The minimum Gasteiger partial charge on any atom is -0.493 e. The number of rotatable bonds is 5. The molecule has 31 heavy (non-hydrogen) atoms. The van der Waals surface area contributed by atoms with Crippen LogP contribution < -0.4 is 4.74 Å². The molecule has 0 aromatic heterocycles. The predicted molar refractivity (Wildman–Crippen MR) is 124 cm³/mol. The lowest BCUT2D eigenvalue weighted by molar-refractivity contribution is -0.121. The van der Waals surface area contributed by atoms with E-state index in [1.807, 2.05) is 49.4 Å². The lowest BCUT2D eigenvalue weighted by Gasteiger charge is -2.11. The molecule has 1 fully saturated rings. The first-order valence-electron chi connectivity index (χ1n) is 9.72. The summed E-state index contributed by atoms with van der Waals surface area (Å²) < 4.78 is 5.81. The standard InChI is InChI=1S/C24H20N2O4S/c1-3-30-20-12-11-15-7-4-5-10-18(15)19(20)14-21-22(27)26(2)24(31-21)25-17-9-6-8-16(13-17)23(28)29/h4-14H,3H2,1-2H3,(H,28,29). The van der Waals surface area contributed by atoms with E-state index in [1.54, 1.807) is 19.2 Å². The van der Waals surface area contributed by atoms with Gasteiger partial charge in [-0.1, -0.05) is 36.4 Å². The van der Waals surface area contributed by atoms with Gasteiger partial charge in [-0.25, -0.2) is 9.79 Å². The second kappa shape index (κ2) is 8.65. The molecule has 1 N–H and O–H groups in total. The van der Waals surface area contributed by atoms with Gasteiger partial charge in [0.2, 0.25) is 0 Å². The number of thioether (sulfide) groups is 1. The largest absolute Gasteiger partial charge is 0.493 e. The molecule has 1 amide bonds. The van der Waals surface area contributed by atoms with Crippen LogP contribution in [0.5, 0.6) is 5.75 Å². The van der Waals surface area contributed by atoms with E-state index in [4.69, 9.17) is 4.74 Å². The summed E-state index contributed by atoms with van der Waals surface area (Å²) in [5.41, 5.74) is 1.47. The summed E-state index contributed by atoms with van der Waals surface area (Å²) in [6, 6.07) is 18.2. The predicted octanol–water partition coefficient (Wildman–Crippen LogP) is 5.17. The van der Waals surface area contributed by atoms with Gasteiger partial charge in [0.25, 0.3) is 5.91 Å². The van der Waals surface area contributed by atoms with Crippen LogP contribution in [0, 0.1) is 0 Å². The smallest absolute Gasteiger partial charge is 0.335 e. The van der Waals surface area contributed by atoms with Crippen LogP contribution in [0.25, 0.3) is 16.8 Å². The number of hydrogen-bond acceptors (Lipinski definition) is 5. The minimum absolute atomic E-state index is 0.145. The van der Waals surface area contributed by atoms with Crippen molar-refractivity contribution >= 4 is 51.3 Å². The number of likely N-dealkylation sites (N-methyl/N-ethyl adjacent to an activating group) is 1. The van der Waals surface area contributed by atoms with E-state index in [9.17, 15) is 14.7 Å². The van der Waals surface area contributed by atoms with Crippen LogP contribution in [0.3, 0.4) is 0 Å². The van der Waals surface area contributed by atoms with Crippen molar-refractivity contribution in [3.8, 4) is 5.75 Å². The van der Waals surface area contributed by atoms with Gasteiger partial charge in [0, 0.05) is 12.6 Å². The molecule has 1 aliphatic rings. The van der Waals surface area contributed by atoms with E-state index < -0.39 is 5.97 Å². The number of amidine groups is 1.